The summed E-state index contributed by atoms with van der Waals surface area (Å²) in [5, 5.41) is 33.8. The first-order chi connectivity index (χ1) is 16.2. The molecule has 0 saturated carbocycles. The van der Waals surface area contributed by atoms with Crippen molar-refractivity contribution >= 4 is 40.8 Å². The number of aliphatic carboxylic acids is 1. The van der Waals surface area contributed by atoms with Crippen LogP contribution in [0, 0.1) is 0 Å². The first kappa shape index (κ1) is 28.6. The molecule has 2 rings (SSSR count). The van der Waals surface area contributed by atoms with E-state index in [4.69, 9.17) is 32.8 Å². The predicted molar refractivity (Wildman–Crippen MR) is 128 cm³/mol. The fourth-order valence-electron chi connectivity index (χ4n) is 3.93. The Balaban J connectivity index is 2.04. The molecule has 12 heteroatoms. The summed E-state index contributed by atoms with van der Waals surface area (Å²) in [6.07, 6.45) is -4.74. The number of ether oxygens (including phenoxy) is 1. The van der Waals surface area contributed by atoms with Gasteiger partial charge in [-0.3, -0.25) is 9.63 Å². The number of benzene rings is 1. The van der Waals surface area contributed by atoms with Gasteiger partial charge in [-0.15, -0.1) is 23.2 Å². The standard InChI is InChI=1S/C22H33Cl2N3O7/c1-14(28)25-17-18(29)19(30)20(22(31)32)34-21(17)27(33-2)11-3-4-15-5-7-16(8-6-15)26(12-9-23)13-10-24/h5-8,17-21,29-30H,3-4,9-13H2,1-2H3,(H,25,28)(H,31,32)/t17-,18-,19-,20+,21?/m1/s1. The monoisotopic (exact) mass is 521 g/mol. The molecule has 1 unspecified atom stereocenters. The average Bonchev–Trinajstić information content (AvgIpc) is 2.80. The number of rotatable bonds is 13. The Kier molecular flexibility index (Phi) is 11.8. The van der Waals surface area contributed by atoms with E-state index in [-0.39, 0.29) is 0 Å². The molecule has 0 aromatic heterocycles. The van der Waals surface area contributed by atoms with Crippen molar-refractivity contribution < 1.29 is 34.5 Å². The molecule has 1 heterocycles. The summed E-state index contributed by atoms with van der Waals surface area (Å²) >= 11 is 11.7. The fourth-order valence-corrected chi connectivity index (χ4v) is 4.34. The van der Waals surface area contributed by atoms with E-state index in [1.165, 1.54) is 19.1 Å². The molecular formula is C22H33Cl2N3O7. The number of nitrogens with zero attached hydrogens (tertiary/aromatic N) is 2. The third-order valence-corrected chi connectivity index (χ3v) is 5.95. The van der Waals surface area contributed by atoms with E-state index in [1.807, 2.05) is 24.3 Å². The van der Waals surface area contributed by atoms with E-state index in [0.717, 1.165) is 11.3 Å². The van der Waals surface area contributed by atoms with Gasteiger partial charge in [0.25, 0.3) is 0 Å². The lowest BCUT2D eigenvalue weighted by molar-refractivity contribution is -0.298. The van der Waals surface area contributed by atoms with Crippen molar-refractivity contribution in [1.29, 1.82) is 0 Å². The van der Waals surface area contributed by atoms with Gasteiger partial charge in [0.2, 0.25) is 5.91 Å². The number of hydrogen-bond acceptors (Lipinski definition) is 8. The molecule has 10 nitrogen and oxygen atoms in total. The highest BCUT2D eigenvalue weighted by Crippen LogP contribution is 2.25. The van der Waals surface area contributed by atoms with Gasteiger partial charge >= 0.3 is 5.97 Å². The van der Waals surface area contributed by atoms with Gasteiger partial charge in [0.05, 0.1) is 13.2 Å². The van der Waals surface area contributed by atoms with Crippen LogP contribution in [-0.4, -0.2) is 101 Å². The Hall–Kier alpha value is -1.66. The average molecular weight is 522 g/mol. The van der Waals surface area contributed by atoms with E-state index in [1.54, 1.807) is 0 Å². The minimum Gasteiger partial charge on any atom is -0.479 e. The zero-order valence-corrected chi connectivity index (χ0v) is 20.8. The van der Waals surface area contributed by atoms with Crippen LogP contribution in [0.15, 0.2) is 24.3 Å². The van der Waals surface area contributed by atoms with Crippen LogP contribution in [0.2, 0.25) is 0 Å². The maximum atomic E-state index is 11.6. The molecule has 1 aromatic carbocycles. The second kappa shape index (κ2) is 14.0. The molecule has 192 valence electrons. The normalized spacial score (nSPS) is 24.7. The fraction of sp³-hybridized carbons (Fsp3) is 0.636. The molecule has 0 aliphatic carbocycles. The third-order valence-electron chi connectivity index (χ3n) is 5.61. The lowest BCUT2D eigenvalue weighted by atomic mass is 9.95. The van der Waals surface area contributed by atoms with E-state index < -0.39 is 42.5 Å². The number of nitrogens with one attached hydrogen (secondary N) is 1. The van der Waals surface area contributed by atoms with Crippen LogP contribution in [0.5, 0.6) is 0 Å². The molecule has 34 heavy (non-hydrogen) atoms. The number of aliphatic hydroxyl groups excluding tert-OH is 2. The quantitative estimate of drug-likeness (QED) is 0.220. The van der Waals surface area contributed by atoms with Crippen molar-refractivity contribution in [2.24, 2.45) is 0 Å². The number of alkyl halides is 2. The molecule has 1 amide bonds. The predicted octanol–water partition coefficient (Wildman–Crippen LogP) is 0.803. The van der Waals surface area contributed by atoms with Crippen molar-refractivity contribution in [3.8, 4) is 0 Å². The van der Waals surface area contributed by atoms with Gasteiger partial charge in [0.15, 0.2) is 12.3 Å². The van der Waals surface area contributed by atoms with E-state index >= 15 is 0 Å². The van der Waals surface area contributed by atoms with Gasteiger partial charge in [0.1, 0.15) is 12.2 Å². The first-order valence-electron chi connectivity index (χ1n) is 11.0. The van der Waals surface area contributed by atoms with Crippen LogP contribution in [0.4, 0.5) is 5.69 Å². The van der Waals surface area contributed by atoms with Gasteiger partial charge in [-0.2, -0.15) is 5.06 Å². The number of amides is 1. The van der Waals surface area contributed by atoms with Crippen LogP contribution in [0.1, 0.15) is 18.9 Å². The molecule has 1 fully saturated rings. The Labute approximate surface area is 209 Å². The van der Waals surface area contributed by atoms with Crippen molar-refractivity contribution in [3.63, 3.8) is 0 Å². The van der Waals surface area contributed by atoms with Crippen molar-refractivity contribution in [2.45, 2.75) is 50.3 Å². The zero-order valence-electron chi connectivity index (χ0n) is 19.3. The molecule has 0 bridgehead atoms. The number of hydroxylamine groups is 2. The van der Waals surface area contributed by atoms with Crippen LogP contribution < -0.4 is 10.2 Å². The minimum absolute atomic E-state index is 0.318. The molecule has 4 N–H and O–H groups in total. The smallest absolute Gasteiger partial charge is 0.335 e. The SMILES string of the molecule is CON(CCCc1ccc(N(CCCl)CCCl)cc1)C1O[C@H](C(=O)O)[C@H](O)[C@H](O)[C@H]1NC(C)=O. The summed E-state index contributed by atoms with van der Waals surface area (Å²) in [5.41, 5.74) is 2.11. The van der Waals surface area contributed by atoms with E-state index in [9.17, 15) is 24.9 Å². The molecule has 1 saturated heterocycles. The van der Waals surface area contributed by atoms with Crippen molar-refractivity contribution in [2.75, 3.05) is 43.4 Å². The van der Waals surface area contributed by atoms with E-state index in [2.05, 4.69) is 10.2 Å². The molecule has 1 aliphatic rings. The number of carboxylic acid groups (broad SMARTS) is 1. The highest BCUT2D eigenvalue weighted by atomic mass is 35.5. The number of anilines is 1. The van der Waals surface area contributed by atoms with Crippen LogP contribution >= 0.6 is 23.2 Å². The maximum absolute atomic E-state index is 11.6. The number of halogens is 2. The summed E-state index contributed by atoms with van der Waals surface area (Å²) in [6, 6.07) is 6.96. The van der Waals surface area contributed by atoms with Crippen LogP contribution in [0.3, 0.4) is 0 Å². The Morgan fingerprint density at radius 3 is 2.21 bits per heavy atom. The van der Waals surface area contributed by atoms with Gasteiger partial charge < -0.3 is 30.3 Å². The Morgan fingerprint density at radius 2 is 1.71 bits per heavy atom. The molecule has 1 aromatic rings. The summed E-state index contributed by atoms with van der Waals surface area (Å²) in [7, 11) is 1.39. The van der Waals surface area contributed by atoms with Crippen LogP contribution in [-0.2, 0) is 25.6 Å². The van der Waals surface area contributed by atoms with Crippen molar-refractivity contribution in [1.82, 2.24) is 10.4 Å². The number of carbonyl (C=O) groups excluding carboxylic acids is 1. The Bertz CT molecular complexity index is 780. The second-order valence-corrected chi connectivity index (χ2v) is 8.71. The third kappa shape index (κ3) is 7.67. The highest BCUT2D eigenvalue weighted by molar-refractivity contribution is 6.18. The second-order valence-electron chi connectivity index (χ2n) is 7.95. The van der Waals surface area contributed by atoms with Gasteiger partial charge in [0, 0.05) is 44.0 Å². The molecular weight excluding hydrogens is 489 g/mol. The molecule has 5 atom stereocenters. The summed E-state index contributed by atoms with van der Waals surface area (Å²) in [6.45, 7) is 2.97. The number of aliphatic hydroxyl groups is 2. The Morgan fingerprint density at radius 1 is 1.09 bits per heavy atom. The molecule has 0 spiro atoms. The van der Waals surface area contributed by atoms with Gasteiger partial charge in [-0.1, -0.05) is 12.1 Å². The van der Waals surface area contributed by atoms with Gasteiger partial charge in [-0.25, -0.2) is 4.79 Å². The topological polar surface area (TPSA) is 132 Å². The molecule has 0 radical (unpaired) electrons. The lowest BCUT2D eigenvalue weighted by Crippen LogP contribution is -2.68. The first-order valence-corrected chi connectivity index (χ1v) is 12.1. The number of carboxylic acids is 1. The largest absolute Gasteiger partial charge is 0.479 e. The summed E-state index contributed by atoms with van der Waals surface area (Å²) in [4.78, 5) is 30.6. The zero-order chi connectivity index (χ0) is 25.3. The van der Waals surface area contributed by atoms with Gasteiger partial charge in [-0.05, 0) is 30.5 Å². The number of carbonyl (C=O) groups is 2. The highest BCUT2D eigenvalue weighted by Gasteiger charge is 2.50. The minimum atomic E-state index is -1.71. The summed E-state index contributed by atoms with van der Waals surface area (Å²) in [5.74, 6) is -0.885. The number of hydrogen-bond donors (Lipinski definition) is 4. The molecule has 1 aliphatic heterocycles. The van der Waals surface area contributed by atoms with Crippen LogP contribution in [0.25, 0.3) is 0 Å². The number of aryl methyl sites for hydroxylation is 1. The van der Waals surface area contributed by atoms with Crippen molar-refractivity contribution in [3.05, 3.63) is 29.8 Å². The van der Waals surface area contributed by atoms with E-state index in [0.29, 0.717) is 44.2 Å². The summed E-state index contributed by atoms with van der Waals surface area (Å²) < 4.78 is 5.54. The maximum Gasteiger partial charge on any atom is 0.335 e. The lowest BCUT2D eigenvalue weighted by Gasteiger charge is -2.44.